The molecule has 1 aliphatic carbocycles. The fourth-order valence-corrected chi connectivity index (χ4v) is 3.10. The van der Waals surface area contributed by atoms with E-state index in [0.29, 0.717) is 0 Å². The average molecular weight is 308 g/mol. The summed E-state index contributed by atoms with van der Waals surface area (Å²) in [6.45, 7) is 1.67. The molecule has 8 heteroatoms. The molecule has 1 aromatic heterocycles. The Balaban J connectivity index is 2.36. The van der Waals surface area contributed by atoms with Crippen LogP contribution in [-0.4, -0.2) is 24.6 Å². The predicted molar refractivity (Wildman–Crippen MR) is 71.5 cm³/mol. The smallest absolute Gasteiger partial charge is 0.411 e. The first-order chi connectivity index (χ1) is 9.25. The third-order valence-electron chi connectivity index (χ3n) is 3.32. The molecule has 0 aliphatic heterocycles. The second-order valence-corrected chi connectivity index (χ2v) is 5.71. The normalized spacial score (nSPS) is 16.9. The van der Waals surface area contributed by atoms with Crippen molar-refractivity contribution in [2.24, 2.45) is 0 Å². The number of halogens is 3. The van der Waals surface area contributed by atoms with Gasteiger partial charge in [-0.15, -0.1) is 11.3 Å². The number of ketones is 1. The van der Waals surface area contributed by atoms with Crippen LogP contribution in [0.2, 0.25) is 0 Å². The van der Waals surface area contributed by atoms with Crippen molar-refractivity contribution in [1.29, 1.82) is 0 Å². The number of anilines is 2. The number of carbonyl (C=O) groups is 1. The lowest BCUT2D eigenvalue weighted by Gasteiger charge is -2.21. The molecule has 112 valence electrons. The van der Waals surface area contributed by atoms with E-state index in [1.807, 2.05) is 0 Å². The van der Waals surface area contributed by atoms with Gasteiger partial charge >= 0.3 is 6.18 Å². The molecule has 0 aromatic carbocycles. The number of hydrogen-bond donors (Lipinski definition) is 2. The van der Waals surface area contributed by atoms with E-state index in [4.69, 9.17) is 10.5 Å². The van der Waals surface area contributed by atoms with Crippen LogP contribution >= 0.6 is 11.3 Å². The van der Waals surface area contributed by atoms with E-state index in [2.05, 4.69) is 5.32 Å². The van der Waals surface area contributed by atoms with Gasteiger partial charge in [0.1, 0.15) is 10.5 Å². The van der Waals surface area contributed by atoms with Crippen LogP contribution in [0.25, 0.3) is 0 Å². The van der Waals surface area contributed by atoms with Gasteiger partial charge in [0.25, 0.3) is 0 Å². The largest absolute Gasteiger partial charge is 0.492 e. The topological polar surface area (TPSA) is 64.3 Å². The SMILES string of the molecule is CCC(=O)c1sc(NC2(C(F)(F)F)CC2)c(OC)c1N. The zero-order valence-corrected chi connectivity index (χ0v) is 11.9. The molecule has 0 unspecified atom stereocenters. The molecule has 1 fully saturated rings. The summed E-state index contributed by atoms with van der Waals surface area (Å²) < 4.78 is 43.9. The number of Topliss-reactive ketones (excluding diaryl/α,β-unsaturated/α-hetero) is 1. The predicted octanol–water partition coefficient (Wildman–Crippen LogP) is 3.44. The second kappa shape index (κ2) is 4.83. The van der Waals surface area contributed by atoms with Crippen LogP contribution in [0.15, 0.2) is 0 Å². The van der Waals surface area contributed by atoms with Crippen LogP contribution in [-0.2, 0) is 0 Å². The molecule has 1 aliphatic rings. The summed E-state index contributed by atoms with van der Waals surface area (Å²) in [5, 5.41) is 2.63. The number of nitrogen functional groups attached to an aromatic ring is 1. The molecular formula is C12H15F3N2O2S. The highest BCUT2D eigenvalue weighted by Crippen LogP contribution is 2.54. The summed E-state index contributed by atoms with van der Waals surface area (Å²) in [6.07, 6.45) is -4.09. The number of alkyl halides is 3. The Bertz CT molecular complexity index is 536. The first kappa shape index (κ1) is 15.0. The summed E-state index contributed by atoms with van der Waals surface area (Å²) in [4.78, 5) is 12.0. The minimum atomic E-state index is -4.34. The number of thiophene rings is 1. The van der Waals surface area contributed by atoms with Crippen LogP contribution in [0, 0.1) is 0 Å². The first-order valence-corrected chi connectivity index (χ1v) is 6.91. The number of rotatable bonds is 5. The van der Waals surface area contributed by atoms with Crippen molar-refractivity contribution in [2.45, 2.75) is 37.9 Å². The molecule has 2 rings (SSSR count). The highest BCUT2D eigenvalue weighted by molar-refractivity contribution is 7.19. The molecule has 0 bridgehead atoms. The maximum Gasteiger partial charge on any atom is 0.411 e. The zero-order chi connectivity index (χ0) is 15.1. The Morgan fingerprint density at radius 3 is 2.50 bits per heavy atom. The van der Waals surface area contributed by atoms with Crippen molar-refractivity contribution in [3.8, 4) is 5.75 Å². The van der Waals surface area contributed by atoms with Gasteiger partial charge in [-0.3, -0.25) is 4.79 Å². The van der Waals surface area contributed by atoms with Crippen LogP contribution < -0.4 is 15.8 Å². The molecule has 0 atom stereocenters. The molecule has 4 nitrogen and oxygen atoms in total. The van der Waals surface area contributed by atoms with Gasteiger partial charge in [-0.2, -0.15) is 13.2 Å². The summed E-state index contributed by atoms with van der Waals surface area (Å²) >= 11 is 0.916. The van der Waals surface area contributed by atoms with Crippen molar-refractivity contribution in [3.63, 3.8) is 0 Å². The van der Waals surface area contributed by atoms with Gasteiger partial charge in [-0.25, -0.2) is 0 Å². The third-order valence-corrected chi connectivity index (χ3v) is 4.47. The maximum absolute atomic E-state index is 13.0. The Hall–Kier alpha value is -1.44. The number of nitrogens with one attached hydrogen (secondary N) is 1. The quantitative estimate of drug-likeness (QED) is 0.818. The maximum atomic E-state index is 13.0. The molecule has 3 N–H and O–H groups in total. The van der Waals surface area contributed by atoms with E-state index >= 15 is 0 Å². The number of ether oxygens (including phenoxy) is 1. The standard InChI is InChI=1S/C12H15F3N2O2S/c1-3-6(18)9-7(16)8(19-2)10(20-9)17-11(4-5-11)12(13,14)15/h17H,3-5,16H2,1-2H3. The molecule has 1 aromatic rings. The Labute approximate surface area is 118 Å². The summed E-state index contributed by atoms with van der Waals surface area (Å²) in [5.41, 5.74) is 3.97. The van der Waals surface area contributed by atoms with Gasteiger partial charge in [0.2, 0.25) is 0 Å². The van der Waals surface area contributed by atoms with Gasteiger partial charge in [0, 0.05) is 6.42 Å². The molecule has 0 radical (unpaired) electrons. The number of hydrogen-bond acceptors (Lipinski definition) is 5. The molecule has 1 saturated carbocycles. The minimum Gasteiger partial charge on any atom is -0.492 e. The number of nitrogens with two attached hydrogens (primary N) is 1. The average Bonchev–Trinajstić information content (AvgIpc) is 3.09. The monoisotopic (exact) mass is 308 g/mol. The number of carbonyl (C=O) groups excluding carboxylic acids is 1. The summed E-state index contributed by atoms with van der Waals surface area (Å²) in [5.74, 6) is -0.0990. The Kier molecular flexibility index (Phi) is 3.62. The van der Waals surface area contributed by atoms with Crippen molar-refractivity contribution < 1.29 is 22.7 Å². The van der Waals surface area contributed by atoms with Crippen molar-refractivity contribution in [1.82, 2.24) is 0 Å². The zero-order valence-electron chi connectivity index (χ0n) is 11.1. The van der Waals surface area contributed by atoms with Crippen LogP contribution in [0.3, 0.4) is 0 Å². The van der Waals surface area contributed by atoms with Crippen molar-refractivity contribution in [2.75, 3.05) is 18.2 Å². The molecule has 0 amide bonds. The van der Waals surface area contributed by atoms with E-state index in [-0.39, 0.29) is 46.4 Å². The van der Waals surface area contributed by atoms with Crippen LogP contribution in [0.4, 0.5) is 23.9 Å². The Morgan fingerprint density at radius 2 is 2.10 bits per heavy atom. The highest BCUT2D eigenvalue weighted by Gasteiger charge is 2.64. The van der Waals surface area contributed by atoms with Gasteiger partial charge < -0.3 is 15.8 Å². The van der Waals surface area contributed by atoms with E-state index in [9.17, 15) is 18.0 Å². The van der Waals surface area contributed by atoms with Gasteiger partial charge in [0.15, 0.2) is 11.5 Å². The molecular weight excluding hydrogens is 293 g/mol. The van der Waals surface area contributed by atoms with Crippen LogP contribution in [0.5, 0.6) is 5.75 Å². The third kappa shape index (κ3) is 2.32. The molecule has 1 heterocycles. The minimum absolute atomic E-state index is 0.00845. The lowest BCUT2D eigenvalue weighted by molar-refractivity contribution is -0.151. The lowest BCUT2D eigenvalue weighted by Crippen LogP contribution is -2.38. The van der Waals surface area contributed by atoms with E-state index in [1.165, 1.54) is 7.11 Å². The van der Waals surface area contributed by atoms with Crippen molar-refractivity contribution in [3.05, 3.63) is 4.88 Å². The summed E-state index contributed by atoms with van der Waals surface area (Å²) in [7, 11) is 1.32. The molecule has 0 saturated heterocycles. The summed E-state index contributed by atoms with van der Waals surface area (Å²) in [6, 6.07) is 0. The van der Waals surface area contributed by atoms with E-state index in [1.54, 1.807) is 6.92 Å². The van der Waals surface area contributed by atoms with Crippen LogP contribution in [0.1, 0.15) is 35.9 Å². The fourth-order valence-electron chi connectivity index (χ4n) is 1.90. The van der Waals surface area contributed by atoms with E-state index < -0.39 is 11.7 Å². The second-order valence-electron chi connectivity index (χ2n) is 4.69. The van der Waals surface area contributed by atoms with Gasteiger partial charge in [-0.05, 0) is 12.8 Å². The molecule has 20 heavy (non-hydrogen) atoms. The van der Waals surface area contributed by atoms with Gasteiger partial charge in [-0.1, -0.05) is 6.92 Å². The van der Waals surface area contributed by atoms with E-state index in [0.717, 1.165) is 11.3 Å². The lowest BCUT2D eigenvalue weighted by atomic mass is 10.2. The Morgan fingerprint density at radius 1 is 1.50 bits per heavy atom. The van der Waals surface area contributed by atoms with Crippen molar-refractivity contribution >= 4 is 27.8 Å². The highest BCUT2D eigenvalue weighted by atomic mass is 32.1. The first-order valence-electron chi connectivity index (χ1n) is 6.10. The number of methoxy groups -OCH3 is 1. The molecule has 0 spiro atoms. The van der Waals surface area contributed by atoms with Gasteiger partial charge in [0.05, 0.1) is 17.7 Å². The fraction of sp³-hybridized carbons (Fsp3) is 0.583.